The summed E-state index contributed by atoms with van der Waals surface area (Å²) in [5.74, 6) is 0.604. The van der Waals surface area contributed by atoms with Gasteiger partial charge in [-0.05, 0) is 56.2 Å². The minimum atomic E-state index is -0.281. The highest BCUT2D eigenvalue weighted by Crippen LogP contribution is 2.36. The molecule has 1 aliphatic heterocycles. The molecule has 186 valence electrons. The Bertz CT molecular complexity index is 1120. The minimum absolute atomic E-state index is 0.183. The second-order valence-electron chi connectivity index (χ2n) is 7.37. The molecule has 0 atom stereocenters. The molecule has 0 spiro atoms. The van der Waals surface area contributed by atoms with Crippen molar-refractivity contribution >= 4 is 69.5 Å². The van der Waals surface area contributed by atoms with Gasteiger partial charge in [0, 0.05) is 28.6 Å². The molecule has 2 aromatic rings. The number of hydrogen-bond donors (Lipinski definition) is 0. The fourth-order valence-corrected chi connectivity index (χ4v) is 5.10. The highest BCUT2D eigenvalue weighted by molar-refractivity contribution is 8.26. The van der Waals surface area contributed by atoms with Gasteiger partial charge in [0.25, 0.3) is 5.91 Å². The maximum absolute atomic E-state index is 12.9. The van der Waals surface area contributed by atoms with Crippen molar-refractivity contribution in [3.63, 3.8) is 0 Å². The number of hydrogen-bond acceptors (Lipinski definition) is 7. The van der Waals surface area contributed by atoms with E-state index in [1.807, 2.05) is 13.0 Å². The summed E-state index contributed by atoms with van der Waals surface area (Å²) in [6.07, 6.45) is 2.49. The topological polar surface area (TPSA) is 65.1 Å². The summed E-state index contributed by atoms with van der Waals surface area (Å²) in [4.78, 5) is 26.4. The van der Waals surface area contributed by atoms with Crippen molar-refractivity contribution in [2.75, 3.05) is 19.8 Å². The van der Waals surface area contributed by atoms with E-state index >= 15 is 0 Å². The lowest BCUT2D eigenvalue weighted by Gasteiger charge is -2.14. The minimum Gasteiger partial charge on any atom is -0.490 e. The number of ether oxygens (including phenoxy) is 3. The van der Waals surface area contributed by atoms with Crippen LogP contribution in [0.1, 0.15) is 37.8 Å². The van der Waals surface area contributed by atoms with Gasteiger partial charge in [0.15, 0.2) is 11.5 Å². The van der Waals surface area contributed by atoms with Gasteiger partial charge in [-0.15, -0.1) is 0 Å². The summed E-state index contributed by atoms with van der Waals surface area (Å²) < 4.78 is 17.1. The summed E-state index contributed by atoms with van der Waals surface area (Å²) in [6.45, 7) is 4.96. The zero-order valence-electron chi connectivity index (χ0n) is 19.3. The second kappa shape index (κ2) is 13.2. The number of amides is 1. The third kappa shape index (κ3) is 7.36. The van der Waals surface area contributed by atoms with E-state index in [4.69, 9.17) is 49.6 Å². The fraction of sp³-hybridized carbons (Fsp3) is 0.320. The Balaban J connectivity index is 1.71. The van der Waals surface area contributed by atoms with Gasteiger partial charge in [-0.1, -0.05) is 59.3 Å². The molecule has 1 fully saturated rings. The molecule has 6 nitrogen and oxygen atoms in total. The third-order valence-corrected chi connectivity index (χ3v) is 7.03. The molecule has 0 bridgehead atoms. The largest absolute Gasteiger partial charge is 0.490 e. The molecular formula is C25H25Cl2NO5S2. The van der Waals surface area contributed by atoms with Crippen LogP contribution in [0.25, 0.3) is 6.08 Å². The number of thiocarbonyl (C=S) groups is 1. The molecule has 1 heterocycles. The molecule has 3 rings (SSSR count). The predicted molar refractivity (Wildman–Crippen MR) is 144 cm³/mol. The molecular weight excluding hydrogens is 529 g/mol. The first kappa shape index (κ1) is 27.3. The van der Waals surface area contributed by atoms with Crippen LogP contribution >= 0.6 is 47.2 Å². The van der Waals surface area contributed by atoms with Crippen LogP contribution in [-0.4, -0.2) is 40.9 Å². The maximum Gasteiger partial charge on any atom is 0.305 e. The average Bonchev–Trinajstić information content (AvgIpc) is 3.07. The van der Waals surface area contributed by atoms with E-state index in [1.54, 1.807) is 43.3 Å². The van der Waals surface area contributed by atoms with Crippen LogP contribution in [0.3, 0.4) is 0 Å². The highest BCUT2D eigenvalue weighted by Gasteiger charge is 2.31. The van der Waals surface area contributed by atoms with Gasteiger partial charge in [-0.25, -0.2) is 0 Å². The SMILES string of the molecule is CCOC(=O)CCCN1C(=O)/C(=C/c2ccc(OCc3c(Cl)cccc3Cl)c(OCC)c2)SC1=S. The van der Waals surface area contributed by atoms with Crippen LogP contribution in [0.15, 0.2) is 41.3 Å². The number of carbonyl (C=O) groups is 2. The van der Waals surface area contributed by atoms with Gasteiger partial charge in [0.05, 0.1) is 18.1 Å². The molecule has 0 aromatic heterocycles. The van der Waals surface area contributed by atoms with E-state index in [9.17, 15) is 9.59 Å². The van der Waals surface area contributed by atoms with Crippen molar-refractivity contribution in [1.82, 2.24) is 4.90 Å². The van der Waals surface area contributed by atoms with Crippen LogP contribution in [0.4, 0.5) is 0 Å². The molecule has 0 N–H and O–H groups in total. The van der Waals surface area contributed by atoms with E-state index in [2.05, 4.69) is 0 Å². The van der Waals surface area contributed by atoms with Crippen LogP contribution in [0.5, 0.6) is 11.5 Å². The first-order valence-electron chi connectivity index (χ1n) is 11.1. The van der Waals surface area contributed by atoms with Crippen molar-refractivity contribution in [2.45, 2.75) is 33.3 Å². The number of rotatable bonds is 11. The van der Waals surface area contributed by atoms with E-state index in [0.717, 1.165) is 5.56 Å². The predicted octanol–water partition coefficient (Wildman–Crippen LogP) is 6.52. The van der Waals surface area contributed by atoms with Gasteiger partial charge in [-0.2, -0.15) is 0 Å². The van der Waals surface area contributed by atoms with E-state index in [-0.39, 0.29) is 24.9 Å². The smallest absolute Gasteiger partial charge is 0.305 e. The summed E-state index contributed by atoms with van der Waals surface area (Å²) in [5, 5.41) is 1.05. The molecule has 10 heteroatoms. The molecule has 1 amide bonds. The van der Waals surface area contributed by atoms with Crippen LogP contribution < -0.4 is 9.47 Å². The standard InChI is InChI=1S/C25H25Cl2NO5S2/c1-3-31-21-13-16(10-11-20(21)33-15-17-18(26)7-5-8-19(17)27)14-22-24(30)28(25(34)35-22)12-6-9-23(29)32-4-2/h5,7-8,10-11,13-14H,3-4,6,9,12,15H2,1-2H3/b22-14-. The van der Waals surface area contributed by atoms with Crippen LogP contribution in [-0.2, 0) is 20.9 Å². The summed E-state index contributed by atoms with van der Waals surface area (Å²) in [5.41, 5.74) is 1.46. The second-order valence-corrected chi connectivity index (χ2v) is 9.86. The fourth-order valence-electron chi connectivity index (χ4n) is 3.28. The Morgan fingerprint density at radius 1 is 1.09 bits per heavy atom. The van der Waals surface area contributed by atoms with Crippen molar-refractivity contribution in [1.29, 1.82) is 0 Å². The van der Waals surface area contributed by atoms with Crippen molar-refractivity contribution in [2.24, 2.45) is 0 Å². The number of nitrogens with zero attached hydrogens (tertiary/aromatic N) is 1. The lowest BCUT2D eigenvalue weighted by atomic mass is 10.1. The Labute approximate surface area is 224 Å². The molecule has 1 aliphatic rings. The first-order chi connectivity index (χ1) is 16.8. The molecule has 1 saturated heterocycles. The van der Waals surface area contributed by atoms with Crippen molar-refractivity contribution < 1.29 is 23.8 Å². The van der Waals surface area contributed by atoms with Crippen molar-refractivity contribution in [3.8, 4) is 11.5 Å². The number of benzene rings is 2. The van der Waals surface area contributed by atoms with Crippen LogP contribution in [0.2, 0.25) is 10.0 Å². The Kier molecular flexibility index (Phi) is 10.3. The summed E-state index contributed by atoms with van der Waals surface area (Å²) in [6, 6.07) is 10.7. The van der Waals surface area contributed by atoms with Gasteiger partial charge < -0.3 is 14.2 Å². The van der Waals surface area contributed by atoms with Gasteiger partial charge in [0.2, 0.25) is 0 Å². The molecule has 0 aliphatic carbocycles. The quantitative estimate of drug-likeness (QED) is 0.178. The van der Waals surface area contributed by atoms with E-state index in [1.165, 1.54) is 16.7 Å². The number of thioether (sulfide) groups is 1. The molecule has 0 unspecified atom stereocenters. The highest BCUT2D eigenvalue weighted by atomic mass is 35.5. The number of carbonyl (C=O) groups excluding carboxylic acids is 2. The van der Waals surface area contributed by atoms with Crippen molar-refractivity contribution in [3.05, 3.63) is 62.5 Å². The van der Waals surface area contributed by atoms with Gasteiger partial charge >= 0.3 is 5.97 Å². The summed E-state index contributed by atoms with van der Waals surface area (Å²) >= 11 is 19.1. The Hall–Kier alpha value is -2.26. The monoisotopic (exact) mass is 553 g/mol. The lowest BCUT2D eigenvalue weighted by molar-refractivity contribution is -0.143. The van der Waals surface area contributed by atoms with Crippen LogP contribution in [0, 0.1) is 0 Å². The zero-order valence-corrected chi connectivity index (χ0v) is 22.5. The number of halogens is 2. The number of esters is 1. The third-order valence-electron chi connectivity index (χ3n) is 4.94. The summed E-state index contributed by atoms with van der Waals surface area (Å²) in [7, 11) is 0. The normalized spacial score (nSPS) is 14.5. The first-order valence-corrected chi connectivity index (χ1v) is 13.1. The lowest BCUT2D eigenvalue weighted by Crippen LogP contribution is -2.29. The molecule has 0 radical (unpaired) electrons. The Morgan fingerprint density at radius 2 is 1.83 bits per heavy atom. The molecule has 0 saturated carbocycles. The average molecular weight is 555 g/mol. The van der Waals surface area contributed by atoms with Gasteiger partial charge in [0.1, 0.15) is 10.9 Å². The molecule has 2 aromatic carbocycles. The van der Waals surface area contributed by atoms with E-state index < -0.39 is 0 Å². The maximum atomic E-state index is 12.9. The van der Waals surface area contributed by atoms with Gasteiger partial charge in [-0.3, -0.25) is 14.5 Å². The zero-order chi connectivity index (χ0) is 25.4. The van der Waals surface area contributed by atoms with E-state index in [0.29, 0.717) is 62.5 Å². The molecule has 35 heavy (non-hydrogen) atoms. The Morgan fingerprint density at radius 3 is 2.51 bits per heavy atom.